The Bertz CT molecular complexity index is 1100. The van der Waals surface area contributed by atoms with Crippen LogP contribution in [0.1, 0.15) is 48.0 Å². The van der Waals surface area contributed by atoms with Crippen molar-refractivity contribution in [3.8, 4) is 10.4 Å². The third-order valence-electron chi connectivity index (χ3n) is 5.82. The number of hydrogen-bond acceptors (Lipinski definition) is 6. The highest BCUT2D eigenvalue weighted by Crippen LogP contribution is 2.46. The number of methoxy groups -OCH3 is 1. The van der Waals surface area contributed by atoms with Gasteiger partial charge in [0.05, 0.1) is 29.9 Å². The van der Waals surface area contributed by atoms with Crippen LogP contribution in [0.15, 0.2) is 36.7 Å². The molecule has 4 heterocycles. The van der Waals surface area contributed by atoms with Gasteiger partial charge in [0.2, 0.25) is 0 Å². The second kappa shape index (κ2) is 7.21. The predicted octanol–water partition coefficient (Wildman–Crippen LogP) is 4.42. The molecule has 0 saturated heterocycles. The van der Waals surface area contributed by atoms with E-state index < -0.39 is 0 Å². The second-order valence-corrected chi connectivity index (χ2v) is 9.36. The lowest BCUT2D eigenvalue weighted by Gasteiger charge is -2.32. The summed E-state index contributed by atoms with van der Waals surface area (Å²) in [5, 5.41) is 7.81. The Morgan fingerprint density at radius 1 is 1.27 bits per heavy atom. The molecule has 5 rings (SSSR count). The fourth-order valence-electron chi connectivity index (χ4n) is 4.04. The molecule has 0 spiro atoms. The van der Waals surface area contributed by atoms with Crippen molar-refractivity contribution in [1.82, 2.24) is 19.7 Å². The monoisotopic (exact) mass is 423 g/mol. The van der Waals surface area contributed by atoms with Gasteiger partial charge in [-0.05, 0) is 50.5 Å². The molecule has 0 radical (unpaired) electrons. The summed E-state index contributed by atoms with van der Waals surface area (Å²) >= 11 is 1.68. The average Bonchev–Trinajstić information content (AvgIpc) is 3.23. The maximum absolute atomic E-state index is 13.0. The first-order valence-electron chi connectivity index (χ1n) is 10.2. The van der Waals surface area contributed by atoms with Gasteiger partial charge in [0.25, 0.3) is 5.91 Å². The molecule has 0 aromatic carbocycles. The lowest BCUT2D eigenvalue weighted by Crippen LogP contribution is -2.41. The van der Waals surface area contributed by atoms with Crippen LogP contribution in [0.5, 0.6) is 0 Å². The Hall–Kier alpha value is -2.71. The fraction of sp³-hybridized carbons (Fsp3) is 0.409. The number of carbonyl (C=O) groups excluding carboxylic acids is 1. The molecule has 7 nitrogen and oxygen atoms in total. The fourth-order valence-corrected chi connectivity index (χ4v) is 5.30. The van der Waals surface area contributed by atoms with Crippen molar-refractivity contribution in [2.75, 3.05) is 25.6 Å². The van der Waals surface area contributed by atoms with Crippen LogP contribution >= 0.6 is 11.3 Å². The number of nitrogens with one attached hydrogen (secondary N) is 1. The van der Waals surface area contributed by atoms with Crippen LogP contribution < -0.4 is 5.32 Å². The number of amides is 1. The smallest absolute Gasteiger partial charge is 0.255 e. The maximum Gasteiger partial charge on any atom is 0.255 e. The molecule has 2 aliphatic rings. The molecule has 1 fully saturated rings. The minimum absolute atomic E-state index is 0.0790. The number of nitrogens with zero attached hydrogens (tertiary/aromatic N) is 4. The Balaban J connectivity index is 1.42. The van der Waals surface area contributed by atoms with E-state index in [1.54, 1.807) is 24.6 Å². The van der Waals surface area contributed by atoms with Crippen molar-refractivity contribution in [2.45, 2.75) is 38.3 Å². The molecule has 8 heteroatoms. The molecule has 0 atom stereocenters. The van der Waals surface area contributed by atoms with Crippen LogP contribution in [0.25, 0.3) is 10.4 Å². The molecule has 1 saturated carbocycles. The Morgan fingerprint density at radius 2 is 2.10 bits per heavy atom. The van der Waals surface area contributed by atoms with Crippen LogP contribution in [-0.2, 0) is 10.3 Å². The summed E-state index contributed by atoms with van der Waals surface area (Å²) < 4.78 is 7.22. The van der Waals surface area contributed by atoms with E-state index in [0.717, 1.165) is 32.5 Å². The van der Waals surface area contributed by atoms with E-state index in [-0.39, 0.29) is 11.4 Å². The number of fused-ring (bicyclic) bond motifs is 1. The van der Waals surface area contributed by atoms with Crippen LogP contribution in [-0.4, -0.2) is 45.8 Å². The van der Waals surface area contributed by atoms with Gasteiger partial charge in [-0.3, -0.25) is 4.79 Å². The summed E-state index contributed by atoms with van der Waals surface area (Å²) in [7, 11) is 1.66. The van der Waals surface area contributed by atoms with Crippen molar-refractivity contribution < 1.29 is 9.53 Å². The normalized spacial score (nSPS) is 17.4. The van der Waals surface area contributed by atoms with Gasteiger partial charge < -0.3 is 15.0 Å². The second-order valence-electron chi connectivity index (χ2n) is 8.31. The van der Waals surface area contributed by atoms with Crippen molar-refractivity contribution in [2.24, 2.45) is 0 Å². The zero-order valence-corrected chi connectivity index (χ0v) is 18.2. The first kappa shape index (κ1) is 19.3. The Morgan fingerprint density at radius 3 is 2.83 bits per heavy atom. The highest BCUT2D eigenvalue weighted by atomic mass is 32.1. The summed E-state index contributed by atoms with van der Waals surface area (Å²) in [6.07, 6.45) is 5.97. The van der Waals surface area contributed by atoms with Gasteiger partial charge in [-0.15, -0.1) is 11.3 Å². The predicted molar refractivity (Wildman–Crippen MR) is 117 cm³/mol. The zero-order valence-electron chi connectivity index (χ0n) is 17.4. The quantitative estimate of drug-likeness (QED) is 0.609. The molecule has 0 bridgehead atoms. The SMILES string of the molecule is COCCN1C(=O)c2cc(-c3ccnc(Nc4ccnn4C4CC4)c3)sc2C1(C)C. The van der Waals surface area contributed by atoms with Crippen LogP contribution in [0.2, 0.25) is 0 Å². The number of anilines is 2. The summed E-state index contributed by atoms with van der Waals surface area (Å²) in [5.41, 5.74) is 1.52. The standard InChI is InChI=1S/C22H25N5O2S/c1-22(2)20-16(21(28)26(22)10-11-29-3)13-17(30-20)14-6-8-23-18(12-14)25-19-7-9-24-27(19)15-4-5-15/h6-9,12-13,15H,4-5,10-11H2,1-3H3,(H,23,25). The minimum atomic E-state index is -0.335. The van der Waals surface area contributed by atoms with Gasteiger partial charge in [-0.2, -0.15) is 5.10 Å². The molecule has 30 heavy (non-hydrogen) atoms. The van der Waals surface area contributed by atoms with E-state index in [2.05, 4.69) is 29.2 Å². The lowest BCUT2D eigenvalue weighted by molar-refractivity contribution is 0.0526. The van der Waals surface area contributed by atoms with Crippen LogP contribution in [0, 0.1) is 0 Å². The summed E-state index contributed by atoms with van der Waals surface area (Å²) in [5.74, 6) is 1.81. The van der Waals surface area contributed by atoms with Crippen molar-refractivity contribution in [3.63, 3.8) is 0 Å². The molecule has 1 aliphatic heterocycles. The molecule has 156 valence electrons. The largest absolute Gasteiger partial charge is 0.383 e. The number of pyridine rings is 1. The van der Waals surface area contributed by atoms with E-state index in [1.165, 1.54) is 12.8 Å². The van der Waals surface area contributed by atoms with Gasteiger partial charge in [-0.1, -0.05) is 0 Å². The van der Waals surface area contributed by atoms with E-state index in [4.69, 9.17) is 4.74 Å². The topological polar surface area (TPSA) is 72.3 Å². The average molecular weight is 424 g/mol. The summed E-state index contributed by atoms with van der Waals surface area (Å²) in [6, 6.07) is 8.52. The van der Waals surface area contributed by atoms with Gasteiger partial charge in [0, 0.05) is 35.7 Å². The third-order valence-corrected chi connectivity index (χ3v) is 7.32. The van der Waals surface area contributed by atoms with E-state index >= 15 is 0 Å². The number of thiophene rings is 1. The highest BCUT2D eigenvalue weighted by Gasteiger charge is 2.44. The van der Waals surface area contributed by atoms with Crippen molar-refractivity contribution in [1.29, 1.82) is 0 Å². The highest BCUT2D eigenvalue weighted by molar-refractivity contribution is 7.16. The summed E-state index contributed by atoms with van der Waals surface area (Å²) in [4.78, 5) is 21.6. The Labute approximate surface area is 179 Å². The molecule has 1 N–H and O–H groups in total. The van der Waals surface area contributed by atoms with Gasteiger partial charge >= 0.3 is 0 Å². The molecule has 1 amide bonds. The molecule has 3 aromatic heterocycles. The molecular weight excluding hydrogens is 398 g/mol. The molecule has 0 unspecified atom stereocenters. The third kappa shape index (κ3) is 3.20. The minimum Gasteiger partial charge on any atom is -0.383 e. The van der Waals surface area contributed by atoms with Crippen LogP contribution in [0.3, 0.4) is 0 Å². The van der Waals surface area contributed by atoms with Crippen LogP contribution in [0.4, 0.5) is 11.6 Å². The first-order chi connectivity index (χ1) is 14.5. The summed E-state index contributed by atoms with van der Waals surface area (Å²) in [6.45, 7) is 5.33. The Kier molecular flexibility index (Phi) is 4.63. The number of aromatic nitrogens is 3. The number of hydrogen-bond donors (Lipinski definition) is 1. The number of ether oxygens (including phenoxy) is 1. The van der Waals surface area contributed by atoms with Gasteiger partial charge in [-0.25, -0.2) is 9.67 Å². The zero-order chi connectivity index (χ0) is 20.9. The van der Waals surface area contributed by atoms with E-state index in [9.17, 15) is 4.79 Å². The van der Waals surface area contributed by atoms with E-state index in [1.807, 2.05) is 40.0 Å². The maximum atomic E-state index is 13.0. The van der Waals surface area contributed by atoms with Gasteiger partial charge in [0.15, 0.2) is 0 Å². The van der Waals surface area contributed by atoms with Crippen molar-refractivity contribution >= 4 is 28.9 Å². The van der Waals surface area contributed by atoms with E-state index in [0.29, 0.717) is 19.2 Å². The molecule has 1 aliphatic carbocycles. The number of carbonyl (C=O) groups is 1. The van der Waals surface area contributed by atoms with Crippen molar-refractivity contribution in [3.05, 3.63) is 47.1 Å². The first-order valence-corrected chi connectivity index (χ1v) is 11.0. The molecular formula is C22H25N5O2S. The molecule has 3 aromatic rings. The lowest BCUT2D eigenvalue weighted by atomic mass is 10.0. The van der Waals surface area contributed by atoms with Gasteiger partial charge in [0.1, 0.15) is 11.6 Å². The number of rotatable bonds is 7.